The molecule has 0 spiro atoms. The highest BCUT2D eigenvalue weighted by atomic mass is 35.5. The first-order valence-electron chi connectivity index (χ1n) is 6.22. The van der Waals surface area contributed by atoms with Gasteiger partial charge in [-0.05, 0) is 41.6 Å². The average Bonchev–Trinajstić information content (AvgIpc) is 2.97. The predicted octanol–water partition coefficient (Wildman–Crippen LogP) is 3.31. The number of amidine groups is 1. The molecule has 0 saturated heterocycles. The van der Waals surface area contributed by atoms with Gasteiger partial charge in [0.15, 0.2) is 5.84 Å². The lowest BCUT2D eigenvalue weighted by Crippen LogP contribution is -2.15. The topological polar surface area (TPSA) is 87.7 Å². The van der Waals surface area contributed by atoms with Crippen molar-refractivity contribution in [3.05, 3.63) is 50.7 Å². The summed E-state index contributed by atoms with van der Waals surface area (Å²) in [7, 11) is 0. The van der Waals surface area contributed by atoms with Crippen molar-refractivity contribution in [1.29, 1.82) is 0 Å². The number of hydrogen-bond donors (Lipinski definition) is 3. The monoisotopic (exact) mass is 323 g/mol. The van der Waals surface area contributed by atoms with E-state index in [0.29, 0.717) is 21.2 Å². The Hall–Kier alpha value is -2.05. The minimum atomic E-state index is -0.194. The first kappa shape index (κ1) is 15.3. The number of nitrogens with one attached hydrogen (secondary N) is 1. The molecule has 0 aliphatic rings. The Morgan fingerprint density at radius 1 is 1.48 bits per heavy atom. The summed E-state index contributed by atoms with van der Waals surface area (Å²) in [5.74, 6) is -0.235. The summed E-state index contributed by atoms with van der Waals surface area (Å²) in [6.07, 6.45) is 0.794. The molecule has 110 valence electrons. The van der Waals surface area contributed by atoms with Crippen LogP contribution in [0.3, 0.4) is 0 Å². The SMILES string of the molecule is CCc1ccsc1C(=O)Nc1ccc(/C(N)=N/O)cc1Cl. The molecule has 2 aromatic rings. The van der Waals surface area contributed by atoms with Gasteiger partial charge in [0.2, 0.25) is 0 Å². The highest BCUT2D eigenvalue weighted by Gasteiger charge is 2.14. The van der Waals surface area contributed by atoms with Crippen molar-refractivity contribution in [3.8, 4) is 0 Å². The van der Waals surface area contributed by atoms with Crippen LogP contribution in [-0.2, 0) is 6.42 Å². The molecule has 7 heteroatoms. The predicted molar refractivity (Wildman–Crippen MR) is 85.6 cm³/mol. The summed E-state index contributed by atoms with van der Waals surface area (Å²) in [4.78, 5) is 12.9. The fraction of sp³-hybridized carbons (Fsp3) is 0.143. The molecule has 0 aliphatic heterocycles. The number of nitrogens with zero attached hydrogens (tertiary/aromatic N) is 1. The second-order valence-corrected chi connectivity index (χ2v) is 5.59. The van der Waals surface area contributed by atoms with Gasteiger partial charge in [-0.2, -0.15) is 0 Å². The first-order chi connectivity index (χ1) is 10.1. The number of carbonyl (C=O) groups is 1. The number of anilines is 1. The van der Waals surface area contributed by atoms with E-state index in [1.165, 1.54) is 17.4 Å². The van der Waals surface area contributed by atoms with E-state index < -0.39 is 0 Å². The van der Waals surface area contributed by atoms with E-state index in [2.05, 4.69) is 10.5 Å². The number of rotatable bonds is 4. The zero-order valence-electron chi connectivity index (χ0n) is 11.3. The zero-order valence-corrected chi connectivity index (χ0v) is 12.8. The van der Waals surface area contributed by atoms with E-state index in [0.717, 1.165) is 12.0 Å². The van der Waals surface area contributed by atoms with Crippen molar-refractivity contribution < 1.29 is 10.0 Å². The van der Waals surface area contributed by atoms with Crippen LogP contribution in [0.1, 0.15) is 27.7 Å². The molecule has 0 aliphatic carbocycles. The molecule has 5 nitrogen and oxygen atoms in total. The molecule has 1 heterocycles. The maximum absolute atomic E-state index is 12.2. The molecule has 21 heavy (non-hydrogen) atoms. The summed E-state index contributed by atoms with van der Waals surface area (Å²) >= 11 is 7.50. The number of aryl methyl sites for hydroxylation is 1. The van der Waals surface area contributed by atoms with Crippen molar-refractivity contribution in [3.63, 3.8) is 0 Å². The molecular weight excluding hydrogens is 310 g/mol. The van der Waals surface area contributed by atoms with Crippen LogP contribution in [0.25, 0.3) is 0 Å². The van der Waals surface area contributed by atoms with E-state index in [-0.39, 0.29) is 11.7 Å². The lowest BCUT2D eigenvalue weighted by atomic mass is 10.1. The molecule has 1 amide bonds. The van der Waals surface area contributed by atoms with Crippen molar-refractivity contribution in [1.82, 2.24) is 0 Å². The minimum absolute atomic E-state index is 0.0405. The minimum Gasteiger partial charge on any atom is -0.409 e. The van der Waals surface area contributed by atoms with Gasteiger partial charge >= 0.3 is 0 Å². The third kappa shape index (κ3) is 3.34. The van der Waals surface area contributed by atoms with Gasteiger partial charge in [0.05, 0.1) is 15.6 Å². The van der Waals surface area contributed by atoms with Crippen LogP contribution < -0.4 is 11.1 Å². The number of amides is 1. The normalized spacial score (nSPS) is 11.4. The van der Waals surface area contributed by atoms with Gasteiger partial charge in [0.25, 0.3) is 5.91 Å². The molecule has 0 unspecified atom stereocenters. The van der Waals surface area contributed by atoms with Crippen LogP contribution in [-0.4, -0.2) is 17.0 Å². The van der Waals surface area contributed by atoms with Gasteiger partial charge in [-0.15, -0.1) is 11.3 Å². The second-order valence-electron chi connectivity index (χ2n) is 4.26. The summed E-state index contributed by atoms with van der Waals surface area (Å²) < 4.78 is 0. The maximum atomic E-state index is 12.2. The summed E-state index contributed by atoms with van der Waals surface area (Å²) in [6, 6.07) is 6.70. The fourth-order valence-corrected chi connectivity index (χ4v) is 2.94. The van der Waals surface area contributed by atoms with Crippen LogP contribution in [0.4, 0.5) is 5.69 Å². The maximum Gasteiger partial charge on any atom is 0.266 e. The van der Waals surface area contributed by atoms with Crippen LogP contribution in [0.5, 0.6) is 0 Å². The smallest absolute Gasteiger partial charge is 0.266 e. The quantitative estimate of drug-likeness (QED) is 0.349. The first-order valence-corrected chi connectivity index (χ1v) is 7.47. The molecule has 0 bridgehead atoms. The number of benzene rings is 1. The van der Waals surface area contributed by atoms with Gasteiger partial charge in [0, 0.05) is 5.56 Å². The van der Waals surface area contributed by atoms with Gasteiger partial charge in [-0.1, -0.05) is 23.7 Å². The van der Waals surface area contributed by atoms with E-state index >= 15 is 0 Å². The Bertz CT molecular complexity index is 697. The van der Waals surface area contributed by atoms with Gasteiger partial charge in [-0.25, -0.2) is 0 Å². The zero-order chi connectivity index (χ0) is 15.4. The molecule has 1 aromatic carbocycles. The summed E-state index contributed by atoms with van der Waals surface area (Å²) in [6.45, 7) is 2.00. The molecule has 4 N–H and O–H groups in total. The van der Waals surface area contributed by atoms with Crippen molar-refractivity contribution in [2.45, 2.75) is 13.3 Å². The number of halogens is 1. The molecule has 1 aromatic heterocycles. The van der Waals surface area contributed by atoms with E-state index in [9.17, 15) is 4.79 Å². The largest absolute Gasteiger partial charge is 0.409 e. The van der Waals surface area contributed by atoms with Crippen LogP contribution in [0, 0.1) is 0 Å². The van der Waals surface area contributed by atoms with Crippen molar-refractivity contribution in [2.24, 2.45) is 10.9 Å². The second kappa shape index (κ2) is 6.60. The molecule has 0 atom stereocenters. The summed E-state index contributed by atoms with van der Waals surface area (Å²) in [5.41, 5.74) is 7.44. The molecular formula is C14H14ClN3O2S. The number of oxime groups is 1. The Labute approximate surface area is 131 Å². The molecule has 0 fully saturated rings. The van der Waals surface area contributed by atoms with Crippen LogP contribution in [0.2, 0.25) is 5.02 Å². The van der Waals surface area contributed by atoms with E-state index in [1.54, 1.807) is 12.1 Å². The number of carbonyl (C=O) groups excluding carboxylic acids is 1. The fourth-order valence-electron chi connectivity index (χ4n) is 1.83. The standard InChI is InChI=1S/C14H14ClN3O2S/c1-2-8-5-6-21-12(8)14(19)17-11-4-3-9(7-10(11)15)13(16)18-20/h3-7,20H,2H2,1H3,(H2,16,18)(H,17,19). The lowest BCUT2D eigenvalue weighted by Gasteiger charge is -2.08. The van der Waals surface area contributed by atoms with Crippen molar-refractivity contribution in [2.75, 3.05) is 5.32 Å². The van der Waals surface area contributed by atoms with Crippen LogP contribution in [0.15, 0.2) is 34.8 Å². The van der Waals surface area contributed by atoms with Gasteiger partial charge < -0.3 is 16.3 Å². The van der Waals surface area contributed by atoms with E-state index in [1.807, 2.05) is 18.4 Å². The Morgan fingerprint density at radius 2 is 2.24 bits per heavy atom. The Kier molecular flexibility index (Phi) is 4.82. The van der Waals surface area contributed by atoms with E-state index in [4.69, 9.17) is 22.5 Å². The average molecular weight is 324 g/mol. The Balaban J connectivity index is 2.22. The third-order valence-corrected chi connectivity index (χ3v) is 4.22. The highest BCUT2D eigenvalue weighted by molar-refractivity contribution is 7.12. The molecule has 0 saturated carbocycles. The highest BCUT2D eigenvalue weighted by Crippen LogP contribution is 2.25. The summed E-state index contributed by atoms with van der Waals surface area (Å²) in [5, 5.41) is 16.5. The molecule has 0 radical (unpaired) electrons. The number of thiophene rings is 1. The lowest BCUT2D eigenvalue weighted by molar-refractivity contribution is 0.103. The molecule has 2 rings (SSSR count). The van der Waals surface area contributed by atoms with Crippen LogP contribution >= 0.6 is 22.9 Å². The Morgan fingerprint density at radius 3 is 2.86 bits per heavy atom. The van der Waals surface area contributed by atoms with Gasteiger partial charge in [0.1, 0.15) is 0 Å². The van der Waals surface area contributed by atoms with Gasteiger partial charge in [-0.3, -0.25) is 4.79 Å². The van der Waals surface area contributed by atoms with Crippen molar-refractivity contribution >= 4 is 40.4 Å². The third-order valence-electron chi connectivity index (χ3n) is 2.95. The number of nitrogens with two attached hydrogens (primary N) is 1. The number of hydrogen-bond acceptors (Lipinski definition) is 4.